The Morgan fingerprint density at radius 3 is 2.75 bits per heavy atom. The third kappa shape index (κ3) is 2.35. The van der Waals surface area contributed by atoms with E-state index in [2.05, 4.69) is 0 Å². The first-order valence-electron chi connectivity index (χ1n) is 5.41. The summed E-state index contributed by atoms with van der Waals surface area (Å²) in [5, 5.41) is 0. The zero-order chi connectivity index (χ0) is 11.4. The molecule has 1 heterocycles. The van der Waals surface area contributed by atoms with E-state index >= 15 is 0 Å². The van der Waals surface area contributed by atoms with Crippen molar-refractivity contribution in [3.63, 3.8) is 0 Å². The Morgan fingerprint density at radius 2 is 2.19 bits per heavy atom. The van der Waals surface area contributed by atoms with Crippen LogP contribution in [0.1, 0.15) is 11.7 Å². The van der Waals surface area contributed by atoms with E-state index in [0.29, 0.717) is 19.8 Å². The molecule has 0 aromatic heterocycles. The number of nitrogens with two attached hydrogens (primary N) is 1. The van der Waals surface area contributed by atoms with Crippen LogP contribution in [0.3, 0.4) is 0 Å². The first-order chi connectivity index (χ1) is 7.85. The topological polar surface area (TPSA) is 53.7 Å². The average Bonchev–Trinajstić information content (AvgIpc) is 2.28. The van der Waals surface area contributed by atoms with Gasteiger partial charge in [0.25, 0.3) is 0 Å². The van der Waals surface area contributed by atoms with Crippen molar-refractivity contribution in [3.05, 3.63) is 29.8 Å². The highest BCUT2D eigenvalue weighted by molar-refractivity contribution is 5.35. The highest BCUT2D eigenvalue weighted by atomic mass is 16.6. The van der Waals surface area contributed by atoms with Crippen LogP contribution in [0.5, 0.6) is 5.75 Å². The van der Waals surface area contributed by atoms with Crippen LogP contribution in [0.25, 0.3) is 0 Å². The molecule has 1 aliphatic rings. The Labute approximate surface area is 95.3 Å². The number of hydrogen-bond acceptors (Lipinski definition) is 4. The summed E-state index contributed by atoms with van der Waals surface area (Å²) in [6.07, 6.45) is 0.0449. The van der Waals surface area contributed by atoms with Gasteiger partial charge in [-0.15, -0.1) is 0 Å². The monoisotopic (exact) mass is 223 g/mol. The van der Waals surface area contributed by atoms with Gasteiger partial charge in [-0.25, -0.2) is 0 Å². The second kappa shape index (κ2) is 5.30. The molecule has 0 saturated carbocycles. The van der Waals surface area contributed by atoms with Crippen molar-refractivity contribution in [2.45, 2.75) is 12.2 Å². The Bertz CT molecular complexity index is 339. The maximum Gasteiger partial charge on any atom is 0.124 e. The van der Waals surface area contributed by atoms with E-state index in [1.165, 1.54) is 0 Å². The zero-order valence-electron chi connectivity index (χ0n) is 9.39. The fourth-order valence-corrected chi connectivity index (χ4v) is 1.71. The molecule has 0 bridgehead atoms. The van der Waals surface area contributed by atoms with Crippen LogP contribution < -0.4 is 10.5 Å². The van der Waals surface area contributed by atoms with Crippen molar-refractivity contribution in [2.24, 2.45) is 5.73 Å². The molecule has 1 atom stereocenters. The van der Waals surface area contributed by atoms with Crippen molar-refractivity contribution in [2.75, 3.05) is 26.9 Å². The smallest absolute Gasteiger partial charge is 0.124 e. The van der Waals surface area contributed by atoms with Gasteiger partial charge >= 0.3 is 0 Å². The number of para-hydroxylation sites is 1. The van der Waals surface area contributed by atoms with Gasteiger partial charge in [-0.1, -0.05) is 18.2 Å². The van der Waals surface area contributed by atoms with E-state index in [4.69, 9.17) is 19.9 Å². The van der Waals surface area contributed by atoms with E-state index < -0.39 is 0 Å². The predicted octanol–water partition coefficient (Wildman–Crippen LogP) is 1.11. The molecule has 0 radical (unpaired) electrons. The Morgan fingerprint density at radius 1 is 1.44 bits per heavy atom. The van der Waals surface area contributed by atoms with Gasteiger partial charge in [-0.05, 0) is 6.07 Å². The molecule has 4 heteroatoms. The van der Waals surface area contributed by atoms with E-state index in [9.17, 15) is 0 Å². The van der Waals surface area contributed by atoms with Crippen molar-refractivity contribution in [1.82, 2.24) is 0 Å². The molecule has 88 valence electrons. The average molecular weight is 223 g/mol. The van der Waals surface area contributed by atoms with Gasteiger partial charge in [0.05, 0.1) is 26.4 Å². The lowest BCUT2D eigenvalue weighted by Gasteiger charge is -2.30. The molecule has 4 nitrogen and oxygen atoms in total. The molecule has 2 rings (SSSR count). The molecular formula is C12H17NO3. The van der Waals surface area contributed by atoms with E-state index in [0.717, 1.165) is 11.3 Å². The van der Waals surface area contributed by atoms with Crippen LogP contribution in [0.15, 0.2) is 24.3 Å². The van der Waals surface area contributed by atoms with Gasteiger partial charge in [-0.2, -0.15) is 0 Å². The molecule has 1 fully saturated rings. The molecule has 2 N–H and O–H groups in total. The molecule has 1 unspecified atom stereocenters. The summed E-state index contributed by atoms with van der Waals surface area (Å²) in [6.45, 7) is 1.76. The predicted molar refractivity (Wildman–Crippen MR) is 60.5 cm³/mol. The minimum absolute atomic E-state index is 0.120. The van der Waals surface area contributed by atoms with Crippen molar-refractivity contribution in [3.8, 4) is 5.75 Å². The van der Waals surface area contributed by atoms with E-state index in [1.807, 2.05) is 24.3 Å². The number of benzene rings is 1. The summed E-state index contributed by atoms with van der Waals surface area (Å²) in [5.74, 6) is 0.818. The Hall–Kier alpha value is -1.10. The fourth-order valence-electron chi connectivity index (χ4n) is 1.71. The molecule has 0 amide bonds. The van der Waals surface area contributed by atoms with E-state index in [1.54, 1.807) is 7.11 Å². The summed E-state index contributed by atoms with van der Waals surface area (Å²) >= 11 is 0. The Kier molecular flexibility index (Phi) is 3.77. The number of hydrogen-bond donors (Lipinski definition) is 1. The van der Waals surface area contributed by atoms with Crippen LogP contribution in [0, 0.1) is 0 Å². The van der Waals surface area contributed by atoms with Crippen LogP contribution in [-0.2, 0) is 9.47 Å². The lowest BCUT2D eigenvalue weighted by molar-refractivity contribution is -0.154. The number of rotatable bonds is 5. The van der Waals surface area contributed by atoms with Crippen molar-refractivity contribution in [1.29, 1.82) is 0 Å². The van der Waals surface area contributed by atoms with Gasteiger partial charge in [-0.3, -0.25) is 0 Å². The number of methoxy groups -OCH3 is 1. The quantitative estimate of drug-likeness (QED) is 0.812. The standard InChI is InChI=1S/C12H17NO3/c1-14-11-5-3-2-4-10(11)12(6-13)16-9-7-15-8-9/h2-5,9,12H,6-8,13H2,1H3. The minimum Gasteiger partial charge on any atom is -0.496 e. The molecule has 1 aromatic rings. The molecule has 0 spiro atoms. The lowest BCUT2D eigenvalue weighted by Crippen LogP contribution is -2.38. The molecule has 0 aliphatic carbocycles. The highest BCUT2D eigenvalue weighted by Crippen LogP contribution is 2.28. The van der Waals surface area contributed by atoms with Gasteiger partial charge in [0.2, 0.25) is 0 Å². The molecule has 1 aliphatic heterocycles. The van der Waals surface area contributed by atoms with Gasteiger partial charge in [0.15, 0.2) is 0 Å². The second-order valence-electron chi connectivity index (χ2n) is 3.76. The summed E-state index contributed by atoms with van der Waals surface area (Å²) in [5.41, 5.74) is 6.73. The SMILES string of the molecule is COc1ccccc1C(CN)OC1COC1. The van der Waals surface area contributed by atoms with Crippen molar-refractivity contribution < 1.29 is 14.2 Å². The fraction of sp³-hybridized carbons (Fsp3) is 0.500. The third-order valence-corrected chi connectivity index (χ3v) is 2.66. The molecular weight excluding hydrogens is 206 g/mol. The zero-order valence-corrected chi connectivity index (χ0v) is 9.39. The Balaban J connectivity index is 2.11. The van der Waals surface area contributed by atoms with Gasteiger partial charge in [0, 0.05) is 12.1 Å². The van der Waals surface area contributed by atoms with Gasteiger partial charge in [0.1, 0.15) is 11.9 Å². The van der Waals surface area contributed by atoms with Gasteiger partial charge < -0.3 is 19.9 Å². The van der Waals surface area contributed by atoms with Crippen molar-refractivity contribution >= 4 is 0 Å². The summed E-state index contributed by atoms with van der Waals surface area (Å²) in [4.78, 5) is 0. The summed E-state index contributed by atoms with van der Waals surface area (Å²) in [6, 6.07) is 7.79. The molecule has 1 aromatic carbocycles. The summed E-state index contributed by atoms with van der Waals surface area (Å²) in [7, 11) is 1.65. The molecule has 1 saturated heterocycles. The lowest BCUT2D eigenvalue weighted by atomic mass is 10.1. The summed E-state index contributed by atoms with van der Waals surface area (Å²) < 4.78 is 16.2. The van der Waals surface area contributed by atoms with E-state index in [-0.39, 0.29) is 12.2 Å². The maximum atomic E-state index is 5.83. The van der Waals surface area contributed by atoms with Crippen LogP contribution >= 0.6 is 0 Å². The molecule has 16 heavy (non-hydrogen) atoms. The minimum atomic E-state index is -0.120. The van der Waals surface area contributed by atoms with Crippen LogP contribution in [0.4, 0.5) is 0 Å². The van der Waals surface area contributed by atoms with Crippen LogP contribution in [0.2, 0.25) is 0 Å². The van der Waals surface area contributed by atoms with Crippen LogP contribution in [-0.4, -0.2) is 33.0 Å². The first kappa shape index (κ1) is 11.4. The normalized spacial score (nSPS) is 17.9. The first-order valence-corrected chi connectivity index (χ1v) is 5.41. The second-order valence-corrected chi connectivity index (χ2v) is 3.76. The highest BCUT2D eigenvalue weighted by Gasteiger charge is 2.25. The largest absolute Gasteiger partial charge is 0.496 e. The third-order valence-electron chi connectivity index (χ3n) is 2.66. The number of ether oxygens (including phenoxy) is 3. The maximum absolute atomic E-state index is 5.83.